The van der Waals surface area contributed by atoms with Crippen LogP contribution in [0, 0.1) is 0 Å². The SMILES string of the molecule is CCO[Si](C)(C[SiH](C)C)OCC. The third-order valence-electron chi connectivity index (χ3n) is 1.68. The van der Waals surface area contributed by atoms with E-state index in [0.29, 0.717) is 0 Å². The molecule has 0 atom stereocenters. The first-order valence-electron chi connectivity index (χ1n) is 4.82. The first kappa shape index (κ1) is 12.4. The van der Waals surface area contributed by atoms with Gasteiger partial charge in [-0.2, -0.15) is 0 Å². The van der Waals surface area contributed by atoms with Crippen LogP contribution in [0.4, 0.5) is 0 Å². The topological polar surface area (TPSA) is 18.5 Å². The summed E-state index contributed by atoms with van der Waals surface area (Å²) in [7, 11) is -2.30. The van der Waals surface area contributed by atoms with E-state index in [1.54, 1.807) is 0 Å². The third-order valence-corrected chi connectivity index (χ3v) is 9.71. The van der Waals surface area contributed by atoms with E-state index in [9.17, 15) is 0 Å². The Morgan fingerprint density at radius 3 is 1.75 bits per heavy atom. The van der Waals surface area contributed by atoms with Gasteiger partial charge >= 0.3 is 8.56 Å². The molecule has 0 aliphatic carbocycles. The van der Waals surface area contributed by atoms with Gasteiger partial charge in [0.2, 0.25) is 0 Å². The Hall–Kier alpha value is 0.354. The molecule has 0 bridgehead atoms. The van der Waals surface area contributed by atoms with Crippen LogP contribution in [0.3, 0.4) is 0 Å². The largest absolute Gasteiger partial charge is 0.395 e. The molecule has 0 aromatic heterocycles. The summed E-state index contributed by atoms with van der Waals surface area (Å²) in [6.07, 6.45) is 0. The maximum Gasteiger partial charge on any atom is 0.331 e. The highest BCUT2D eigenvalue weighted by atomic mass is 28.4. The van der Waals surface area contributed by atoms with Crippen LogP contribution < -0.4 is 0 Å². The summed E-state index contributed by atoms with van der Waals surface area (Å²) in [6, 6.07) is 0. The zero-order valence-electron chi connectivity index (χ0n) is 9.02. The zero-order valence-corrected chi connectivity index (χ0v) is 11.2. The highest BCUT2D eigenvalue weighted by Gasteiger charge is 2.31. The number of hydrogen-bond acceptors (Lipinski definition) is 2. The second-order valence-electron chi connectivity index (χ2n) is 3.60. The van der Waals surface area contributed by atoms with Crippen LogP contribution in [0.1, 0.15) is 13.8 Å². The first-order chi connectivity index (χ1) is 5.54. The Morgan fingerprint density at radius 2 is 1.50 bits per heavy atom. The minimum Gasteiger partial charge on any atom is -0.395 e. The molecule has 4 heteroatoms. The molecule has 0 aromatic carbocycles. The fraction of sp³-hybridized carbons (Fsp3) is 1.00. The van der Waals surface area contributed by atoms with Crippen molar-refractivity contribution in [2.24, 2.45) is 0 Å². The van der Waals surface area contributed by atoms with Crippen molar-refractivity contribution in [2.45, 2.75) is 39.2 Å². The highest BCUT2D eigenvalue weighted by Crippen LogP contribution is 2.15. The second-order valence-corrected chi connectivity index (χ2v) is 10.9. The molecule has 0 aliphatic heterocycles. The van der Waals surface area contributed by atoms with Gasteiger partial charge in [0.15, 0.2) is 0 Å². The van der Waals surface area contributed by atoms with Gasteiger partial charge in [-0.25, -0.2) is 0 Å². The van der Waals surface area contributed by atoms with Crippen molar-refractivity contribution in [3.63, 3.8) is 0 Å². The lowest BCUT2D eigenvalue weighted by molar-refractivity contribution is 0.193. The van der Waals surface area contributed by atoms with Gasteiger partial charge in [0.25, 0.3) is 0 Å². The van der Waals surface area contributed by atoms with Crippen molar-refractivity contribution in [2.75, 3.05) is 13.2 Å². The summed E-state index contributed by atoms with van der Waals surface area (Å²) < 4.78 is 11.5. The van der Waals surface area contributed by atoms with Gasteiger partial charge in [-0.3, -0.25) is 0 Å². The van der Waals surface area contributed by atoms with Gasteiger partial charge in [0, 0.05) is 22.0 Å². The molecular formula is C8H22O2Si2. The van der Waals surface area contributed by atoms with Crippen molar-refractivity contribution in [1.82, 2.24) is 0 Å². The summed E-state index contributed by atoms with van der Waals surface area (Å²) >= 11 is 0. The average molecular weight is 206 g/mol. The monoisotopic (exact) mass is 206 g/mol. The first-order valence-corrected chi connectivity index (χ1v) is 10.5. The van der Waals surface area contributed by atoms with Crippen LogP contribution in [-0.2, 0) is 8.85 Å². The van der Waals surface area contributed by atoms with E-state index < -0.39 is 17.4 Å². The van der Waals surface area contributed by atoms with Gasteiger partial charge < -0.3 is 8.85 Å². The van der Waals surface area contributed by atoms with Gasteiger partial charge in [0.1, 0.15) is 0 Å². The molecule has 0 saturated heterocycles. The van der Waals surface area contributed by atoms with Crippen LogP contribution in [0.5, 0.6) is 0 Å². The Kier molecular flexibility index (Phi) is 6.08. The van der Waals surface area contributed by atoms with E-state index in [-0.39, 0.29) is 0 Å². The summed E-state index contributed by atoms with van der Waals surface area (Å²) in [5, 5.41) is 0. The van der Waals surface area contributed by atoms with Crippen molar-refractivity contribution in [3.8, 4) is 0 Å². The summed E-state index contributed by atoms with van der Waals surface area (Å²) in [5.74, 6) is 0. The Bertz CT molecular complexity index is 112. The van der Waals surface area contributed by atoms with Crippen molar-refractivity contribution >= 4 is 17.4 Å². The fourth-order valence-corrected chi connectivity index (χ4v) is 9.69. The van der Waals surface area contributed by atoms with E-state index in [0.717, 1.165) is 13.2 Å². The van der Waals surface area contributed by atoms with E-state index in [1.165, 1.54) is 5.67 Å². The summed E-state index contributed by atoms with van der Waals surface area (Å²) in [5.41, 5.74) is 1.23. The third kappa shape index (κ3) is 5.08. The maximum absolute atomic E-state index is 5.73. The second kappa shape index (κ2) is 5.91. The molecule has 0 fully saturated rings. The highest BCUT2D eigenvalue weighted by molar-refractivity contribution is 6.80. The van der Waals surface area contributed by atoms with Crippen molar-refractivity contribution in [3.05, 3.63) is 0 Å². The van der Waals surface area contributed by atoms with Gasteiger partial charge in [0.05, 0.1) is 0 Å². The molecule has 0 rings (SSSR count). The fourth-order valence-electron chi connectivity index (χ4n) is 1.51. The summed E-state index contributed by atoms with van der Waals surface area (Å²) in [6.45, 7) is 12.6. The predicted molar refractivity (Wildman–Crippen MR) is 58.6 cm³/mol. The average Bonchev–Trinajstić information content (AvgIpc) is 1.85. The predicted octanol–water partition coefficient (Wildman–Crippen LogP) is 2.16. The smallest absolute Gasteiger partial charge is 0.331 e. The van der Waals surface area contributed by atoms with Crippen LogP contribution in [-0.4, -0.2) is 30.6 Å². The minimum atomic E-state index is -1.75. The molecule has 0 saturated carbocycles. The zero-order chi connectivity index (χ0) is 9.61. The van der Waals surface area contributed by atoms with Crippen molar-refractivity contribution < 1.29 is 8.85 Å². The molecule has 0 aliphatic rings. The molecule has 0 heterocycles. The van der Waals surface area contributed by atoms with Crippen LogP contribution in [0.2, 0.25) is 25.3 Å². The van der Waals surface area contributed by atoms with Crippen LogP contribution in [0.25, 0.3) is 0 Å². The molecule has 0 amide bonds. The molecule has 12 heavy (non-hydrogen) atoms. The molecule has 0 unspecified atom stereocenters. The molecule has 0 aromatic rings. The molecule has 0 N–H and O–H groups in total. The van der Waals surface area contributed by atoms with E-state index in [1.807, 2.05) is 13.8 Å². The lowest BCUT2D eigenvalue weighted by Crippen LogP contribution is -2.41. The van der Waals surface area contributed by atoms with E-state index in [2.05, 4.69) is 19.6 Å². The molecule has 0 radical (unpaired) electrons. The van der Waals surface area contributed by atoms with Gasteiger partial charge in [-0.15, -0.1) is 0 Å². The molecular weight excluding hydrogens is 184 g/mol. The van der Waals surface area contributed by atoms with Crippen molar-refractivity contribution in [1.29, 1.82) is 0 Å². The Labute approximate surface area is 79.1 Å². The maximum atomic E-state index is 5.73. The van der Waals surface area contributed by atoms with Gasteiger partial charge in [-0.1, -0.05) is 13.1 Å². The van der Waals surface area contributed by atoms with E-state index in [4.69, 9.17) is 8.85 Å². The lowest BCUT2D eigenvalue weighted by atomic mass is 10.9. The molecule has 0 spiro atoms. The Morgan fingerprint density at radius 1 is 1.08 bits per heavy atom. The number of hydrogen-bond donors (Lipinski definition) is 0. The molecule has 74 valence electrons. The normalized spacial score (nSPS) is 12.5. The van der Waals surface area contributed by atoms with Crippen LogP contribution >= 0.6 is 0 Å². The molecule has 2 nitrogen and oxygen atoms in total. The summed E-state index contributed by atoms with van der Waals surface area (Å²) in [4.78, 5) is 0. The minimum absolute atomic E-state index is 0.547. The van der Waals surface area contributed by atoms with Crippen LogP contribution in [0.15, 0.2) is 0 Å². The number of rotatable bonds is 6. The Balaban J connectivity index is 3.98. The lowest BCUT2D eigenvalue weighted by Gasteiger charge is -2.27. The standard InChI is InChI=1S/C8H22O2Si2/c1-6-9-12(5,10-7-2)8-11(3)4/h11H,6-8H2,1-5H3. The van der Waals surface area contributed by atoms with Gasteiger partial charge in [-0.05, 0) is 26.1 Å². The van der Waals surface area contributed by atoms with E-state index >= 15 is 0 Å². The quantitative estimate of drug-likeness (QED) is 0.620.